The van der Waals surface area contributed by atoms with E-state index in [2.05, 4.69) is 10.6 Å². The van der Waals surface area contributed by atoms with Gasteiger partial charge >= 0.3 is 6.03 Å². The van der Waals surface area contributed by atoms with E-state index in [4.69, 9.17) is 9.47 Å². The predicted molar refractivity (Wildman–Crippen MR) is 104 cm³/mol. The Labute approximate surface area is 167 Å². The van der Waals surface area contributed by atoms with E-state index < -0.39 is 17.5 Å². The highest BCUT2D eigenvalue weighted by Gasteiger charge is 2.50. The van der Waals surface area contributed by atoms with Crippen LogP contribution in [0.1, 0.15) is 28.4 Å². The molecule has 1 fully saturated rings. The van der Waals surface area contributed by atoms with Crippen LogP contribution in [0.5, 0.6) is 11.5 Å². The normalized spacial score (nSPS) is 20.3. The zero-order chi connectivity index (χ0) is 20.6. The van der Waals surface area contributed by atoms with Crippen LogP contribution in [0.25, 0.3) is 0 Å². The van der Waals surface area contributed by atoms with Gasteiger partial charge in [-0.15, -0.1) is 0 Å². The highest BCUT2D eigenvalue weighted by molar-refractivity contribution is 6.08. The van der Waals surface area contributed by atoms with Crippen molar-refractivity contribution in [1.29, 1.82) is 0 Å². The lowest BCUT2D eigenvalue weighted by Crippen LogP contribution is -2.52. The van der Waals surface area contributed by atoms with Gasteiger partial charge in [-0.05, 0) is 42.3 Å². The van der Waals surface area contributed by atoms with Gasteiger partial charge in [0.1, 0.15) is 11.5 Å². The van der Waals surface area contributed by atoms with E-state index in [0.29, 0.717) is 35.8 Å². The van der Waals surface area contributed by atoms with E-state index in [1.165, 1.54) is 7.11 Å². The molecule has 2 N–H and O–H groups in total. The molecule has 1 saturated heterocycles. The van der Waals surface area contributed by atoms with Crippen LogP contribution < -0.4 is 20.1 Å². The topological polar surface area (TPSA) is 97.0 Å². The Morgan fingerprint density at radius 3 is 2.41 bits per heavy atom. The highest BCUT2D eigenvalue weighted by atomic mass is 16.5. The SMILES string of the molecule is CCOc1ccc([C@]2(CN3Cc4ccc(OC)cc4C3=O)NC(=O)NC2=O)cc1. The number of ether oxygens (including phenoxy) is 2. The molecule has 4 rings (SSSR count). The molecule has 0 aromatic heterocycles. The van der Waals surface area contributed by atoms with Crippen LogP contribution in [0.4, 0.5) is 4.79 Å². The lowest BCUT2D eigenvalue weighted by molar-refractivity contribution is -0.124. The summed E-state index contributed by atoms with van der Waals surface area (Å²) < 4.78 is 10.7. The summed E-state index contributed by atoms with van der Waals surface area (Å²) in [4.78, 5) is 39.3. The van der Waals surface area contributed by atoms with Gasteiger partial charge in [0.2, 0.25) is 0 Å². The summed E-state index contributed by atoms with van der Waals surface area (Å²) in [5, 5.41) is 5.02. The zero-order valence-corrected chi connectivity index (χ0v) is 16.2. The number of hydrogen-bond donors (Lipinski definition) is 2. The molecular formula is C21H21N3O5. The van der Waals surface area contributed by atoms with E-state index in [0.717, 1.165) is 5.56 Å². The van der Waals surface area contributed by atoms with E-state index in [-0.39, 0.29) is 12.5 Å². The number of fused-ring (bicyclic) bond motifs is 1. The van der Waals surface area contributed by atoms with Gasteiger partial charge in [0.15, 0.2) is 5.54 Å². The Morgan fingerprint density at radius 1 is 1.07 bits per heavy atom. The second-order valence-electron chi connectivity index (χ2n) is 6.96. The quantitative estimate of drug-likeness (QED) is 0.727. The summed E-state index contributed by atoms with van der Waals surface area (Å²) >= 11 is 0. The third-order valence-corrected chi connectivity index (χ3v) is 5.22. The lowest BCUT2D eigenvalue weighted by atomic mass is 9.89. The first-order valence-electron chi connectivity index (χ1n) is 9.30. The first-order valence-corrected chi connectivity index (χ1v) is 9.30. The van der Waals surface area contributed by atoms with Crippen LogP contribution in [0.3, 0.4) is 0 Å². The maximum Gasteiger partial charge on any atom is 0.322 e. The number of benzene rings is 2. The number of nitrogens with zero attached hydrogens (tertiary/aromatic N) is 1. The van der Waals surface area contributed by atoms with Crippen molar-refractivity contribution in [2.75, 3.05) is 20.3 Å². The molecule has 0 aliphatic carbocycles. The molecule has 2 aromatic rings. The molecule has 2 heterocycles. The molecule has 0 saturated carbocycles. The Kier molecular flexibility index (Phi) is 4.62. The van der Waals surface area contributed by atoms with Crippen molar-refractivity contribution in [3.05, 3.63) is 59.2 Å². The molecule has 0 spiro atoms. The minimum absolute atomic E-state index is 0.00832. The van der Waals surface area contributed by atoms with Crippen molar-refractivity contribution in [1.82, 2.24) is 15.5 Å². The third-order valence-electron chi connectivity index (χ3n) is 5.22. The molecule has 29 heavy (non-hydrogen) atoms. The third kappa shape index (κ3) is 3.16. The number of methoxy groups -OCH3 is 1. The predicted octanol–water partition coefficient (Wildman–Crippen LogP) is 1.78. The molecule has 150 valence electrons. The molecule has 1 atom stereocenters. The number of nitrogens with one attached hydrogen (secondary N) is 2. The van der Waals surface area contributed by atoms with Crippen molar-refractivity contribution in [2.45, 2.75) is 19.0 Å². The summed E-state index contributed by atoms with van der Waals surface area (Å²) in [6, 6.07) is 11.7. The van der Waals surface area contributed by atoms with Gasteiger partial charge in [-0.1, -0.05) is 18.2 Å². The Hall–Kier alpha value is -3.55. The smallest absolute Gasteiger partial charge is 0.322 e. The van der Waals surface area contributed by atoms with Crippen LogP contribution in [-0.2, 0) is 16.9 Å². The van der Waals surface area contributed by atoms with Gasteiger partial charge < -0.3 is 19.7 Å². The van der Waals surface area contributed by atoms with Gasteiger partial charge in [-0.25, -0.2) is 4.79 Å². The van der Waals surface area contributed by atoms with E-state index in [1.54, 1.807) is 41.3 Å². The summed E-state index contributed by atoms with van der Waals surface area (Å²) in [6.07, 6.45) is 0. The van der Waals surface area contributed by atoms with Crippen molar-refractivity contribution >= 4 is 17.8 Å². The second-order valence-corrected chi connectivity index (χ2v) is 6.96. The van der Waals surface area contributed by atoms with E-state index in [9.17, 15) is 14.4 Å². The molecule has 0 radical (unpaired) electrons. The number of rotatable bonds is 6. The Balaban J connectivity index is 1.66. The summed E-state index contributed by atoms with van der Waals surface area (Å²) in [5.74, 6) is 0.547. The van der Waals surface area contributed by atoms with Gasteiger partial charge in [-0.3, -0.25) is 14.9 Å². The van der Waals surface area contributed by atoms with Crippen LogP contribution in [-0.4, -0.2) is 43.0 Å². The molecule has 2 aliphatic rings. The van der Waals surface area contributed by atoms with Crippen molar-refractivity contribution < 1.29 is 23.9 Å². The largest absolute Gasteiger partial charge is 0.497 e. The standard InChI is InChI=1S/C21H21N3O5/c1-3-29-15-8-5-14(6-9-15)21(19(26)22-20(27)23-21)12-24-11-13-4-7-16(28-2)10-17(13)18(24)25/h4-10H,3,11-12H2,1-2H3,(H2,22,23,26,27)/t21-/m0/s1. The summed E-state index contributed by atoms with van der Waals surface area (Å²) in [7, 11) is 1.54. The van der Waals surface area contributed by atoms with Crippen LogP contribution in [0.2, 0.25) is 0 Å². The number of urea groups is 1. The molecule has 0 bridgehead atoms. The average molecular weight is 395 g/mol. The molecule has 8 nitrogen and oxygen atoms in total. The van der Waals surface area contributed by atoms with E-state index in [1.807, 2.05) is 13.0 Å². The van der Waals surface area contributed by atoms with Crippen molar-refractivity contribution in [3.63, 3.8) is 0 Å². The highest BCUT2D eigenvalue weighted by Crippen LogP contribution is 2.33. The first kappa shape index (κ1) is 18.8. The monoisotopic (exact) mass is 395 g/mol. The summed E-state index contributed by atoms with van der Waals surface area (Å²) in [5.41, 5.74) is 0.591. The molecule has 0 unspecified atom stereocenters. The number of imide groups is 1. The van der Waals surface area contributed by atoms with Gasteiger partial charge in [-0.2, -0.15) is 0 Å². The molecule has 2 aromatic carbocycles. The number of carbonyl (C=O) groups is 3. The molecule has 4 amide bonds. The maximum absolute atomic E-state index is 13.0. The van der Waals surface area contributed by atoms with Crippen LogP contribution >= 0.6 is 0 Å². The zero-order valence-electron chi connectivity index (χ0n) is 16.2. The number of amides is 4. The van der Waals surface area contributed by atoms with Gasteiger partial charge in [0.05, 0.1) is 20.3 Å². The fourth-order valence-electron chi connectivity index (χ4n) is 3.78. The minimum atomic E-state index is -1.37. The Morgan fingerprint density at radius 2 is 1.79 bits per heavy atom. The fraction of sp³-hybridized carbons (Fsp3) is 0.286. The molecular weight excluding hydrogens is 374 g/mol. The van der Waals surface area contributed by atoms with Crippen molar-refractivity contribution in [3.8, 4) is 11.5 Å². The van der Waals surface area contributed by atoms with Crippen LogP contribution in [0.15, 0.2) is 42.5 Å². The van der Waals surface area contributed by atoms with Gasteiger partial charge in [0, 0.05) is 12.1 Å². The number of carbonyl (C=O) groups excluding carboxylic acids is 3. The minimum Gasteiger partial charge on any atom is -0.497 e. The molecule has 8 heteroatoms. The van der Waals surface area contributed by atoms with Gasteiger partial charge in [0.25, 0.3) is 11.8 Å². The summed E-state index contributed by atoms with van der Waals surface area (Å²) in [6.45, 7) is 2.76. The Bertz CT molecular complexity index is 988. The second kappa shape index (κ2) is 7.12. The molecule has 2 aliphatic heterocycles. The maximum atomic E-state index is 13.0. The fourth-order valence-corrected chi connectivity index (χ4v) is 3.78. The number of hydrogen-bond acceptors (Lipinski definition) is 5. The van der Waals surface area contributed by atoms with Crippen molar-refractivity contribution in [2.24, 2.45) is 0 Å². The lowest BCUT2D eigenvalue weighted by Gasteiger charge is -2.31. The average Bonchev–Trinajstić information content (AvgIpc) is 3.18. The first-order chi connectivity index (χ1) is 14.0. The van der Waals surface area contributed by atoms with Crippen LogP contribution in [0, 0.1) is 0 Å². The van der Waals surface area contributed by atoms with E-state index >= 15 is 0 Å².